The second kappa shape index (κ2) is 12.2. The van der Waals surface area contributed by atoms with Crippen LogP contribution in [0.5, 0.6) is 5.75 Å². The molecule has 1 aliphatic heterocycles. The van der Waals surface area contributed by atoms with Crippen LogP contribution < -0.4 is 19.6 Å². The van der Waals surface area contributed by atoms with Gasteiger partial charge in [0.05, 0.1) is 29.5 Å². The number of esters is 1. The Morgan fingerprint density at radius 2 is 1.92 bits per heavy atom. The molecule has 0 bridgehead atoms. The van der Waals surface area contributed by atoms with Crippen LogP contribution >= 0.6 is 79.5 Å². The lowest BCUT2D eigenvalue weighted by Crippen LogP contribution is -2.39. The van der Waals surface area contributed by atoms with Crippen LogP contribution in [0.25, 0.3) is 6.08 Å². The lowest BCUT2D eigenvalue weighted by Gasteiger charge is -2.23. The smallest absolute Gasteiger partial charge is 0.338 e. The number of carbonyl (C=O) groups is 1. The summed E-state index contributed by atoms with van der Waals surface area (Å²) in [4.78, 5) is 32.7. The molecule has 0 amide bonds. The average molecular weight is 803 g/mol. The van der Waals surface area contributed by atoms with E-state index in [4.69, 9.17) is 21.1 Å². The summed E-state index contributed by atoms with van der Waals surface area (Å²) in [5.74, 6) is 0.310. The fourth-order valence-electron chi connectivity index (χ4n) is 4.22. The molecule has 4 aromatic rings. The second-order valence-electron chi connectivity index (χ2n) is 8.51. The molecule has 0 aliphatic carbocycles. The number of rotatable bonds is 7. The van der Waals surface area contributed by atoms with Crippen LogP contribution in [0.4, 0.5) is 0 Å². The van der Waals surface area contributed by atoms with Gasteiger partial charge in [0.15, 0.2) is 4.80 Å². The summed E-state index contributed by atoms with van der Waals surface area (Å²) in [5.41, 5.74) is 2.53. The standard InChI is InChI=1S/C28H21ClI2N2O4S2/c1-3-36-27(35)23-15(2)32-28-33(24(23)21-9-6-10-38-21)26(34)22(39-28)13-16-11-19(30)25(20(31)12-16)37-14-17-7-4-5-8-18(17)29/h4-13,24H,3,14H2,1-2H3/b22-13+/t24-/m1/s1. The second-order valence-corrected chi connectivity index (χ2v) is 13.2. The van der Waals surface area contributed by atoms with Gasteiger partial charge in [-0.3, -0.25) is 9.36 Å². The lowest BCUT2D eigenvalue weighted by atomic mass is 10.0. The highest BCUT2D eigenvalue weighted by molar-refractivity contribution is 14.1. The number of allylic oxidation sites excluding steroid dienone is 1. The van der Waals surface area contributed by atoms with Crippen LogP contribution in [0.3, 0.4) is 0 Å². The highest BCUT2D eigenvalue weighted by Gasteiger charge is 2.33. The molecule has 0 N–H and O–H groups in total. The normalized spacial score (nSPS) is 15.2. The van der Waals surface area contributed by atoms with Crippen molar-refractivity contribution >= 4 is 91.5 Å². The Kier molecular flexibility index (Phi) is 8.96. The molecule has 0 radical (unpaired) electrons. The number of aromatic nitrogens is 1. The van der Waals surface area contributed by atoms with Crippen LogP contribution in [0.1, 0.15) is 35.9 Å². The molecular weight excluding hydrogens is 782 g/mol. The van der Waals surface area contributed by atoms with Crippen molar-refractivity contribution in [1.29, 1.82) is 0 Å². The molecule has 0 spiro atoms. The summed E-state index contributed by atoms with van der Waals surface area (Å²) in [7, 11) is 0. The van der Waals surface area contributed by atoms with Gasteiger partial charge >= 0.3 is 5.97 Å². The van der Waals surface area contributed by atoms with Crippen molar-refractivity contribution in [3.63, 3.8) is 0 Å². The number of benzene rings is 2. The number of thiazole rings is 1. The van der Waals surface area contributed by atoms with Crippen molar-refractivity contribution in [2.45, 2.75) is 26.5 Å². The Labute approximate surface area is 264 Å². The summed E-state index contributed by atoms with van der Waals surface area (Å²) in [6, 6.07) is 14.8. The number of ether oxygens (including phenoxy) is 2. The Hall–Kier alpha value is -2.00. The summed E-state index contributed by atoms with van der Waals surface area (Å²) in [5, 5.41) is 2.60. The van der Waals surface area contributed by atoms with Gasteiger partial charge in [-0.1, -0.05) is 47.2 Å². The lowest BCUT2D eigenvalue weighted by molar-refractivity contribution is -0.139. The van der Waals surface area contributed by atoms with Crippen LogP contribution in [0.15, 0.2) is 75.0 Å². The van der Waals surface area contributed by atoms with Crippen molar-refractivity contribution in [3.8, 4) is 5.75 Å². The number of fused-ring (bicyclic) bond motifs is 1. The van der Waals surface area contributed by atoms with Gasteiger partial charge in [-0.05, 0) is 100 Å². The SMILES string of the molecule is CCOC(=O)C1=C(C)N=c2s/c(=C/c3cc(I)c(OCc4ccccc4Cl)c(I)c3)c(=O)n2[C@@H]1c1cccs1. The first kappa shape index (κ1) is 28.5. The topological polar surface area (TPSA) is 69.9 Å². The third kappa shape index (κ3) is 5.90. The Morgan fingerprint density at radius 3 is 2.59 bits per heavy atom. The number of carbonyl (C=O) groups excluding carboxylic acids is 1. The Balaban J connectivity index is 1.54. The third-order valence-corrected chi connectivity index (χ3v) is 9.86. The average Bonchev–Trinajstić information content (AvgIpc) is 3.52. The molecular formula is C28H21ClI2N2O4S2. The van der Waals surface area contributed by atoms with Crippen LogP contribution in [-0.4, -0.2) is 17.1 Å². The van der Waals surface area contributed by atoms with E-state index in [1.165, 1.54) is 22.7 Å². The van der Waals surface area contributed by atoms with Crippen molar-refractivity contribution in [2.24, 2.45) is 4.99 Å². The molecule has 3 heterocycles. The third-order valence-electron chi connectivity index (χ3n) is 5.98. The summed E-state index contributed by atoms with van der Waals surface area (Å²) in [6.07, 6.45) is 1.86. The van der Waals surface area contributed by atoms with E-state index in [2.05, 4.69) is 50.2 Å². The molecule has 1 atom stereocenters. The Bertz CT molecular complexity index is 1750. The van der Waals surface area contributed by atoms with Crippen LogP contribution in [0, 0.1) is 7.14 Å². The van der Waals surface area contributed by atoms with Gasteiger partial charge in [-0.2, -0.15) is 0 Å². The fourth-order valence-corrected chi connectivity index (χ4v) is 8.41. The number of hydrogen-bond donors (Lipinski definition) is 0. The van der Waals surface area contributed by atoms with Crippen LogP contribution in [0.2, 0.25) is 5.02 Å². The summed E-state index contributed by atoms with van der Waals surface area (Å²) >= 11 is 13.6. The van der Waals surface area contributed by atoms with Crippen molar-refractivity contribution in [3.05, 3.63) is 113 Å². The zero-order chi connectivity index (χ0) is 27.7. The van der Waals surface area contributed by atoms with E-state index >= 15 is 0 Å². The van der Waals surface area contributed by atoms with E-state index in [0.717, 1.165) is 28.9 Å². The van der Waals surface area contributed by atoms with Gasteiger partial charge in [0.1, 0.15) is 18.4 Å². The van der Waals surface area contributed by atoms with Gasteiger partial charge < -0.3 is 9.47 Å². The monoisotopic (exact) mass is 802 g/mol. The highest BCUT2D eigenvalue weighted by atomic mass is 127. The van der Waals surface area contributed by atoms with Crippen molar-refractivity contribution in [2.75, 3.05) is 6.61 Å². The van der Waals surface area contributed by atoms with E-state index < -0.39 is 12.0 Å². The van der Waals surface area contributed by atoms with Gasteiger partial charge in [-0.15, -0.1) is 11.3 Å². The molecule has 200 valence electrons. The van der Waals surface area contributed by atoms with Gasteiger partial charge in [0.2, 0.25) is 0 Å². The molecule has 0 fully saturated rings. The zero-order valence-electron chi connectivity index (χ0n) is 20.7. The van der Waals surface area contributed by atoms with E-state index in [1.54, 1.807) is 18.4 Å². The molecule has 1 aliphatic rings. The first-order valence-corrected chi connectivity index (χ1v) is 16.1. The van der Waals surface area contributed by atoms with Gasteiger partial charge in [0, 0.05) is 15.5 Å². The van der Waals surface area contributed by atoms with Gasteiger partial charge in [-0.25, -0.2) is 9.79 Å². The molecule has 2 aromatic heterocycles. The first-order valence-electron chi connectivity index (χ1n) is 11.9. The van der Waals surface area contributed by atoms with E-state index in [1.807, 2.05) is 60.0 Å². The van der Waals surface area contributed by atoms with E-state index in [0.29, 0.717) is 32.2 Å². The van der Waals surface area contributed by atoms with Crippen molar-refractivity contribution in [1.82, 2.24) is 4.57 Å². The van der Waals surface area contributed by atoms with E-state index in [-0.39, 0.29) is 12.2 Å². The molecule has 39 heavy (non-hydrogen) atoms. The summed E-state index contributed by atoms with van der Waals surface area (Å²) in [6.45, 7) is 4.15. The molecule has 6 nitrogen and oxygen atoms in total. The molecule has 0 unspecified atom stereocenters. The molecule has 0 saturated carbocycles. The molecule has 5 rings (SSSR count). The molecule has 11 heteroatoms. The van der Waals surface area contributed by atoms with Crippen LogP contribution in [-0.2, 0) is 16.1 Å². The quantitative estimate of drug-likeness (QED) is 0.163. The fraction of sp³-hybridized carbons (Fsp3) is 0.179. The largest absolute Gasteiger partial charge is 0.487 e. The number of halogens is 3. The highest BCUT2D eigenvalue weighted by Crippen LogP contribution is 2.33. The van der Waals surface area contributed by atoms with E-state index in [9.17, 15) is 9.59 Å². The summed E-state index contributed by atoms with van der Waals surface area (Å²) < 4.78 is 15.4. The minimum absolute atomic E-state index is 0.199. The Morgan fingerprint density at radius 1 is 1.18 bits per heavy atom. The maximum atomic E-state index is 13.8. The number of nitrogens with zero attached hydrogens (tertiary/aromatic N) is 2. The van der Waals surface area contributed by atoms with Crippen molar-refractivity contribution < 1.29 is 14.3 Å². The zero-order valence-corrected chi connectivity index (χ0v) is 27.4. The van der Waals surface area contributed by atoms with Gasteiger partial charge in [0.25, 0.3) is 5.56 Å². The minimum Gasteiger partial charge on any atom is -0.487 e. The maximum absolute atomic E-state index is 13.8. The maximum Gasteiger partial charge on any atom is 0.338 e. The minimum atomic E-state index is -0.580. The first-order chi connectivity index (χ1) is 18.8. The number of thiophene rings is 1. The predicted molar refractivity (Wildman–Crippen MR) is 172 cm³/mol. The number of hydrogen-bond acceptors (Lipinski definition) is 7. The molecule has 2 aromatic carbocycles. The predicted octanol–water partition coefficient (Wildman–Crippen LogP) is 6.30. The molecule has 0 saturated heterocycles.